The number of nitrogen functional groups attached to an aromatic ring is 1. The Bertz CT molecular complexity index is 453. The standard InChI is InChI=1S/C8H6F2N4O/c9-6(10)4-1-3(2-11)5(8(13)15)14-7(4)12/h1,6H,(H2,12,14)(H2,13,15). The van der Waals surface area contributed by atoms with Gasteiger partial charge in [-0.2, -0.15) is 5.26 Å². The first-order valence-electron chi connectivity index (χ1n) is 3.75. The van der Waals surface area contributed by atoms with E-state index in [2.05, 4.69) is 4.98 Å². The van der Waals surface area contributed by atoms with Crippen LogP contribution >= 0.6 is 0 Å². The number of carbonyl (C=O) groups excluding carboxylic acids is 1. The summed E-state index contributed by atoms with van der Waals surface area (Å²) in [6, 6.07) is 2.36. The molecule has 1 aromatic heterocycles. The van der Waals surface area contributed by atoms with Crippen LogP contribution < -0.4 is 11.5 Å². The number of nitrogens with two attached hydrogens (primary N) is 2. The SMILES string of the molecule is N#Cc1cc(C(F)F)c(N)nc1C(N)=O. The zero-order valence-corrected chi connectivity index (χ0v) is 7.37. The monoisotopic (exact) mass is 212 g/mol. The molecular formula is C8H6F2N4O. The molecule has 0 fully saturated rings. The second kappa shape index (κ2) is 3.88. The Hall–Kier alpha value is -2.23. The van der Waals surface area contributed by atoms with E-state index >= 15 is 0 Å². The molecule has 4 N–H and O–H groups in total. The Balaban J connectivity index is 3.44. The maximum absolute atomic E-state index is 12.3. The number of primary amides is 1. The van der Waals surface area contributed by atoms with Crippen molar-refractivity contribution in [3.63, 3.8) is 0 Å². The van der Waals surface area contributed by atoms with Crippen molar-refractivity contribution in [2.75, 3.05) is 5.73 Å². The maximum Gasteiger partial charge on any atom is 0.268 e. The highest BCUT2D eigenvalue weighted by Gasteiger charge is 2.18. The van der Waals surface area contributed by atoms with Gasteiger partial charge in [0.05, 0.1) is 11.1 Å². The fourth-order valence-electron chi connectivity index (χ4n) is 0.991. The van der Waals surface area contributed by atoms with Crippen LogP contribution in [0.3, 0.4) is 0 Å². The van der Waals surface area contributed by atoms with Crippen molar-refractivity contribution in [2.45, 2.75) is 6.43 Å². The first-order valence-corrected chi connectivity index (χ1v) is 3.75. The summed E-state index contributed by atoms with van der Waals surface area (Å²) in [6.07, 6.45) is -2.86. The van der Waals surface area contributed by atoms with Gasteiger partial charge in [0.1, 0.15) is 17.6 Å². The summed E-state index contributed by atoms with van der Waals surface area (Å²) >= 11 is 0. The van der Waals surface area contributed by atoms with Gasteiger partial charge in [0, 0.05) is 0 Å². The molecule has 0 aliphatic carbocycles. The quantitative estimate of drug-likeness (QED) is 0.747. The van der Waals surface area contributed by atoms with Crippen molar-refractivity contribution >= 4 is 11.7 Å². The minimum atomic E-state index is -2.86. The first kappa shape index (κ1) is 10.8. The molecule has 7 heteroatoms. The zero-order valence-electron chi connectivity index (χ0n) is 7.37. The molecule has 15 heavy (non-hydrogen) atoms. The molecule has 0 radical (unpaired) electrons. The van der Waals surface area contributed by atoms with Crippen LogP contribution in [-0.4, -0.2) is 10.9 Å². The molecule has 1 rings (SSSR count). The Morgan fingerprint density at radius 2 is 2.20 bits per heavy atom. The van der Waals surface area contributed by atoms with E-state index in [1.54, 1.807) is 6.07 Å². The normalized spacial score (nSPS) is 10.0. The van der Waals surface area contributed by atoms with Crippen LogP contribution in [0, 0.1) is 11.3 Å². The molecule has 0 unspecified atom stereocenters. The van der Waals surface area contributed by atoms with Crippen LogP contribution in [-0.2, 0) is 0 Å². The number of amides is 1. The Kier molecular flexibility index (Phi) is 2.80. The molecule has 0 saturated carbocycles. The van der Waals surface area contributed by atoms with Gasteiger partial charge in [-0.25, -0.2) is 13.8 Å². The molecule has 78 valence electrons. The van der Waals surface area contributed by atoms with E-state index < -0.39 is 29.4 Å². The van der Waals surface area contributed by atoms with E-state index in [9.17, 15) is 13.6 Å². The highest BCUT2D eigenvalue weighted by molar-refractivity contribution is 5.93. The van der Waals surface area contributed by atoms with Crippen LogP contribution in [0.2, 0.25) is 0 Å². The summed E-state index contributed by atoms with van der Waals surface area (Å²) in [5.74, 6) is -1.49. The van der Waals surface area contributed by atoms with E-state index in [0.717, 1.165) is 6.07 Å². The predicted octanol–water partition coefficient (Wildman–Crippen LogP) is 0.572. The molecule has 0 spiro atoms. The van der Waals surface area contributed by atoms with Crippen molar-refractivity contribution < 1.29 is 13.6 Å². The van der Waals surface area contributed by atoms with E-state index in [0.29, 0.717) is 0 Å². The van der Waals surface area contributed by atoms with E-state index in [4.69, 9.17) is 16.7 Å². The van der Waals surface area contributed by atoms with Gasteiger partial charge >= 0.3 is 0 Å². The lowest BCUT2D eigenvalue weighted by Crippen LogP contribution is -2.17. The Morgan fingerprint density at radius 1 is 1.60 bits per heavy atom. The highest BCUT2D eigenvalue weighted by atomic mass is 19.3. The largest absolute Gasteiger partial charge is 0.383 e. The van der Waals surface area contributed by atoms with E-state index in [1.807, 2.05) is 0 Å². The van der Waals surface area contributed by atoms with Crippen LogP contribution in [0.25, 0.3) is 0 Å². The van der Waals surface area contributed by atoms with Gasteiger partial charge in [-0.3, -0.25) is 4.79 Å². The maximum atomic E-state index is 12.3. The number of aromatic nitrogens is 1. The number of carbonyl (C=O) groups is 1. The van der Waals surface area contributed by atoms with Crippen molar-refractivity contribution in [1.29, 1.82) is 5.26 Å². The van der Waals surface area contributed by atoms with Crippen molar-refractivity contribution in [2.24, 2.45) is 5.73 Å². The molecule has 1 aromatic rings. The smallest absolute Gasteiger partial charge is 0.268 e. The summed E-state index contributed by atoms with van der Waals surface area (Å²) in [4.78, 5) is 14.1. The zero-order chi connectivity index (χ0) is 11.6. The topological polar surface area (TPSA) is 106 Å². The second-order valence-electron chi connectivity index (χ2n) is 2.64. The number of halogens is 2. The molecule has 0 bridgehead atoms. The molecule has 0 aliphatic heterocycles. The first-order chi connectivity index (χ1) is 6.97. The average Bonchev–Trinajstić information content (AvgIpc) is 2.16. The summed E-state index contributed by atoms with van der Waals surface area (Å²) in [5, 5.41) is 8.58. The molecule has 0 aromatic carbocycles. The lowest BCUT2D eigenvalue weighted by molar-refractivity contribution is 0.0994. The molecule has 1 amide bonds. The number of hydrogen-bond acceptors (Lipinski definition) is 4. The summed E-state index contributed by atoms with van der Waals surface area (Å²) in [5.41, 5.74) is 8.76. The second-order valence-corrected chi connectivity index (χ2v) is 2.64. The number of nitrogens with zero attached hydrogens (tertiary/aromatic N) is 2. The van der Waals surface area contributed by atoms with Gasteiger partial charge in [0.15, 0.2) is 0 Å². The van der Waals surface area contributed by atoms with Gasteiger partial charge in [0.25, 0.3) is 12.3 Å². The van der Waals surface area contributed by atoms with Crippen LogP contribution in [0.15, 0.2) is 6.07 Å². The van der Waals surface area contributed by atoms with E-state index in [-0.39, 0.29) is 5.56 Å². The van der Waals surface area contributed by atoms with Gasteiger partial charge in [-0.05, 0) is 6.07 Å². The summed E-state index contributed by atoms with van der Waals surface area (Å²) < 4.78 is 24.7. The summed E-state index contributed by atoms with van der Waals surface area (Å²) in [6.45, 7) is 0. The molecule has 1 heterocycles. The third-order valence-electron chi connectivity index (χ3n) is 1.67. The van der Waals surface area contributed by atoms with Crippen molar-refractivity contribution in [3.8, 4) is 6.07 Å². The number of anilines is 1. The average molecular weight is 212 g/mol. The fraction of sp³-hybridized carbons (Fsp3) is 0.125. The highest BCUT2D eigenvalue weighted by Crippen LogP contribution is 2.25. The lowest BCUT2D eigenvalue weighted by atomic mass is 10.1. The van der Waals surface area contributed by atoms with Crippen LogP contribution in [0.1, 0.15) is 28.0 Å². The predicted molar refractivity (Wildman–Crippen MR) is 46.8 cm³/mol. The van der Waals surface area contributed by atoms with Crippen LogP contribution in [0.5, 0.6) is 0 Å². The molecule has 5 nitrogen and oxygen atoms in total. The van der Waals surface area contributed by atoms with Crippen molar-refractivity contribution in [1.82, 2.24) is 4.98 Å². The summed E-state index contributed by atoms with van der Waals surface area (Å²) in [7, 11) is 0. The number of pyridine rings is 1. The van der Waals surface area contributed by atoms with Crippen molar-refractivity contribution in [3.05, 3.63) is 22.9 Å². The van der Waals surface area contributed by atoms with Gasteiger partial charge in [0.2, 0.25) is 0 Å². The molecular weight excluding hydrogens is 206 g/mol. The lowest BCUT2D eigenvalue weighted by Gasteiger charge is -2.06. The number of rotatable bonds is 2. The van der Waals surface area contributed by atoms with Gasteiger partial charge < -0.3 is 11.5 Å². The van der Waals surface area contributed by atoms with Crippen LogP contribution in [0.4, 0.5) is 14.6 Å². The Labute approximate surface area is 83.3 Å². The van der Waals surface area contributed by atoms with E-state index in [1.165, 1.54) is 0 Å². The van der Waals surface area contributed by atoms with Gasteiger partial charge in [-0.15, -0.1) is 0 Å². The molecule has 0 saturated heterocycles. The number of hydrogen-bond donors (Lipinski definition) is 2. The minimum absolute atomic E-state index is 0.313. The number of nitriles is 1. The third-order valence-corrected chi connectivity index (χ3v) is 1.67. The van der Waals surface area contributed by atoms with Gasteiger partial charge in [-0.1, -0.05) is 0 Å². The molecule has 0 atom stereocenters. The fourth-order valence-corrected chi connectivity index (χ4v) is 0.991. The number of alkyl halides is 2. The minimum Gasteiger partial charge on any atom is -0.383 e. The Morgan fingerprint density at radius 3 is 2.60 bits per heavy atom. The molecule has 0 aliphatic rings. The third kappa shape index (κ3) is 1.99.